The number of rotatable bonds is 1. The molecular weight excluding hydrogens is 180 g/mol. The zero-order valence-corrected chi connectivity index (χ0v) is 8.24. The molecule has 0 atom stereocenters. The van der Waals surface area contributed by atoms with Crippen molar-refractivity contribution in [2.75, 3.05) is 0 Å². The molecule has 0 N–H and O–H groups in total. The smallest absolute Gasteiger partial charge is 0.205 e. The first-order chi connectivity index (χ1) is 6.62. The van der Waals surface area contributed by atoms with Crippen molar-refractivity contribution in [3.63, 3.8) is 0 Å². The van der Waals surface area contributed by atoms with E-state index in [1.54, 1.807) is 6.07 Å². The highest BCUT2D eigenvalue weighted by molar-refractivity contribution is 5.78. The van der Waals surface area contributed by atoms with Crippen molar-refractivity contribution in [3.8, 4) is 5.75 Å². The third kappa shape index (κ3) is 1.51. The molecule has 0 bridgehead atoms. The summed E-state index contributed by atoms with van der Waals surface area (Å²) < 4.78 is 11.0. The van der Waals surface area contributed by atoms with Gasteiger partial charge in [-0.15, -0.1) is 0 Å². The van der Waals surface area contributed by atoms with Crippen LogP contribution in [0.5, 0.6) is 5.75 Å². The van der Waals surface area contributed by atoms with Gasteiger partial charge in [0.15, 0.2) is 6.29 Å². The fraction of sp³-hybridized carbons (Fsp3) is 0.364. The summed E-state index contributed by atoms with van der Waals surface area (Å²) in [6.45, 7) is 4.13. The number of carbonyl (C=O) groups excluding carboxylic acids is 1. The number of hydrogen-bond donors (Lipinski definition) is 0. The predicted molar refractivity (Wildman–Crippen MR) is 51.3 cm³/mol. The molecule has 1 aliphatic heterocycles. The van der Waals surface area contributed by atoms with Crippen LogP contribution in [-0.2, 0) is 11.3 Å². The Morgan fingerprint density at radius 2 is 2.21 bits per heavy atom. The number of fused-ring (bicyclic) bond motifs is 1. The number of carbonyl (C=O) groups is 1. The molecule has 0 saturated heterocycles. The van der Waals surface area contributed by atoms with Gasteiger partial charge in [0.2, 0.25) is 5.79 Å². The van der Waals surface area contributed by atoms with E-state index in [0.29, 0.717) is 12.2 Å². The molecule has 3 nitrogen and oxygen atoms in total. The summed E-state index contributed by atoms with van der Waals surface area (Å²) in [5, 5.41) is 0. The molecule has 3 heteroatoms. The average molecular weight is 192 g/mol. The van der Waals surface area contributed by atoms with Crippen molar-refractivity contribution in [2.45, 2.75) is 26.2 Å². The standard InChI is InChI=1S/C11H12O3/c1-11(2)13-7-9-8(6-12)4-3-5-10(9)14-11/h3-6H,7H2,1-2H3. The van der Waals surface area contributed by atoms with E-state index in [-0.39, 0.29) is 0 Å². The first-order valence-corrected chi connectivity index (χ1v) is 4.52. The van der Waals surface area contributed by atoms with Crippen molar-refractivity contribution >= 4 is 6.29 Å². The summed E-state index contributed by atoms with van der Waals surface area (Å²) in [5.41, 5.74) is 1.47. The maximum atomic E-state index is 10.7. The molecule has 74 valence electrons. The van der Waals surface area contributed by atoms with E-state index in [4.69, 9.17) is 9.47 Å². The molecule has 2 rings (SSSR count). The van der Waals surface area contributed by atoms with Crippen LogP contribution in [0.15, 0.2) is 18.2 Å². The molecule has 1 aliphatic rings. The highest BCUT2D eigenvalue weighted by atomic mass is 16.7. The van der Waals surface area contributed by atoms with Gasteiger partial charge in [-0.3, -0.25) is 4.79 Å². The Hall–Kier alpha value is -1.35. The van der Waals surface area contributed by atoms with Crippen molar-refractivity contribution in [1.29, 1.82) is 0 Å². The third-order valence-electron chi connectivity index (χ3n) is 2.22. The molecule has 0 aromatic heterocycles. The Labute approximate surface area is 82.6 Å². The van der Waals surface area contributed by atoms with E-state index in [1.165, 1.54) is 0 Å². The second kappa shape index (κ2) is 3.10. The predicted octanol–water partition coefficient (Wildman–Crippen LogP) is 2.14. The number of benzene rings is 1. The molecule has 0 radical (unpaired) electrons. The second-order valence-corrected chi connectivity index (χ2v) is 3.73. The van der Waals surface area contributed by atoms with Crippen LogP contribution in [0.25, 0.3) is 0 Å². The summed E-state index contributed by atoms with van der Waals surface area (Å²) in [7, 11) is 0. The Balaban J connectivity index is 2.45. The van der Waals surface area contributed by atoms with E-state index < -0.39 is 5.79 Å². The minimum atomic E-state index is -0.603. The zero-order valence-electron chi connectivity index (χ0n) is 8.24. The molecule has 0 spiro atoms. The third-order valence-corrected chi connectivity index (χ3v) is 2.22. The molecule has 14 heavy (non-hydrogen) atoms. The highest BCUT2D eigenvalue weighted by Gasteiger charge is 2.28. The summed E-state index contributed by atoms with van der Waals surface area (Å²) in [5.74, 6) is 0.139. The molecular formula is C11H12O3. The van der Waals surface area contributed by atoms with Crippen LogP contribution in [0.4, 0.5) is 0 Å². The summed E-state index contributed by atoms with van der Waals surface area (Å²) in [4.78, 5) is 10.7. The Kier molecular flexibility index (Phi) is 2.04. The Bertz CT molecular complexity index is 369. The highest BCUT2D eigenvalue weighted by Crippen LogP contribution is 2.32. The quantitative estimate of drug-likeness (QED) is 0.639. The van der Waals surface area contributed by atoms with Crippen LogP contribution in [0.1, 0.15) is 29.8 Å². The minimum Gasteiger partial charge on any atom is -0.463 e. The van der Waals surface area contributed by atoms with Gasteiger partial charge in [-0.2, -0.15) is 0 Å². The van der Waals surface area contributed by atoms with Gasteiger partial charge in [-0.25, -0.2) is 0 Å². The molecule has 0 amide bonds. The first kappa shape index (κ1) is 9.21. The van der Waals surface area contributed by atoms with Gasteiger partial charge in [-0.05, 0) is 6.07 Å². The van der Waals surface area contributed by atoms with Gasteiger partial charge in [0, 0.05) is 25.0 Å². The van der Waals surface area contributed by atoms with Crippen molar-refractivity contribution in [1.82, 2.24) is 0 Å². The average Bonchev–Trinajstić information content (AvgIpc) is 2.15. The van der Waals surface area contributed by atoms with Crippen molar-refractivity contribution in [3.05, 3.63) is 29.3 Å². The number of hydrogen-bond acceptors (Lipinski definition) is 3. The van der Waals surface area contributed by atoms with Crippen molar-refractivity contribution in [2.24, 2.45) is 0 Å². The van der Waals surface area contributed by atoms with E-state index in [2.05, 4.69) is 0 Å². The lowest BCUT2D eigenvalue weighted by molar-refractivity contribution is -0.180. The van der Waals surface area contributed by atoms with Gasteiger partial charge < -0.3 is 9.47 Å². The number of aldehydes is 1. The molecule has 0 unspecified atom stereocenters. The van der Waals surface area contributed by atoms with Crippen LogP contribution in [0.3, 0.4) is 0 Å². The van der Waals surface area contributed by atoms with Gasteiger partial charge in [0.1, 0.15) is 5.75 Å². The topological polar surface area (TPSA) is 35.5 Å². The van der Waals surface area contributed by atoms with E-state index in [0.717, 1.165) is 17.6 Å². The largest absolute Gasteiger partial charge is 0.463 e. The Morgan fingerprint density at radius 3 is 2.93 bits per heavy atom. The molecule has 0 aliphatic carbocycles. The van der Waals surface area contributed by atoms with Crippen LogP contribution < -0.4 is 4.74 Å². The Morgan fingerprint density at radius 1 is 1.43 bits per heavy atom. The zero-order chi connectivity index (χ0) is 10.2. The van der Waals surface area contributed by atoms with E-state index in [1.807, 2.05) is 26.0 Å². The molecule has 0 fully saturated rings. The summed E-state index contributed by atoms with van der Waals surface area (Å²) in [6, 6.07) is 5.42. The van der Waals surface area contributed by atoms with Gasteiger partial charge >= 0.3 is 0 Å². The van der Waals surface area contributed by atoms with Crippen molar-refractivity contribution < 1.29 is 14.3 Å². The minimum absolute atomic E-state index is 0.428. The molecule has 1 aromatic rings. The maximum absolute atomic E-state index is 10.7. The van der Waals surface area contributed by atoms with Gasteiger partial charge in [-0.1, -0.05) is 12.1 Å². The van der Waals surface area contributed by atoms with E-state index in [9.17, 15) is 4.79 Å². The van der Waals surface area contributed by atoms with Crippen LogP contribution in [-0.4, -0.2) is 12.1 Å². The fourth-order valence-electron chi connectivity index (χ4n) is 1.48. The second-order valence-electron chi connectivity index (χ2n) is 3.73. The molecule has 1 aromatic carbocycles. The van der Waals surface area contributed by atoms with Crippen LogP contribution in [0, 0.1) is 0 Å². The van der Waals surface area contributed by atoms with Gasteiger partial charge in [0.25, 0.3) is 0 Å². The summed E-state index contributed by atoms with van der Waals surface area (Å²) >= 11 is 0. The lowest BCUT2D eigenvalue weighted by atomic mass is 10.1. The lowest BCUT2D eigenvalue weighted by Crippen LogP contribution is -2.35. The van der Waals surface area contributed by atoms with E-state index >= 15 is 0 Å². The summed E-state index contributed by atoms with van der Waals surface area (Å²) in [6.07, 6.45) is 0.823. The SMILES string of the molecule is CC1(C)OCc2c(C=O)cccc2O1. The fourth-order valence-corrected chi connectivity index (χ4v) is 1.48. The van der Waals surface area contributed by atoms with Crippen LogP contribution >= 0.6 is 0 Å². The monoisotopic (exact) mass is 192 g/mol. The number of ether oxygens (including phenoxy) is 2. The van der Waals surface area contributed by atoms with Crippen LogP contribution in [0.2, 0.25) is 0 Å². The first-order valence-electron chi connectivity index (χ1n) is 4.52. The van der Waals surface area contributed by atoms with Gasteiger partial charge in [0.05, 0.1) is 6.61 Å². The molecule has 0 saturated carbocycles. The lowest BCUT2D eigenvalue weighted by Gasteiger charge is -2.32. The molecule has 1 heterocycles. The normalized spacial score (nSPS) is 18.1. The maximum Gasteiger partial charge on any atom is 0.205 e.